The van der Waals surface area contributed by atoms with Gasteiger partial charge >= 0.3 is 0 Å². The van der Waals surface area contributed by atoms with E-state index in [1.165, 1.54) is 0 Å². The lowest BCUT2D eigenvalue weighted by Gasteiger charge is -2.38. The van der Waals surface area contributed by atoms with Gasteiger partial charge < -0.3 is 9.47 Å². The van der Waals surface area contributed by atoms with Crippen molar-refractivity contribution in [3.63, 3.8) is 0 Å². The summed E-state index contributed by atoms with van der Waals surface area (Å²) < 4.78 is 10.9. The molecule has 1 fully saturated rings. The van der Waals surface area contributed by atoms with E-state index < -0.39 is 5.79 Å². The Kier molecular flexibility index (Phi) is 1.46. The van der Waals surface area contributed by atoms with Crippen LogP contribution in [-0.2, 0) is 21.7 Å². The minimum atomic E-state index is -0.512. The van der Waals surface area contributed by atoms with Crippen molar-refractivity contribution in [1.29, 1.82) is 5.26 Å². The van der Waals surface area contributed by atoms with Gasteiger partial charge in [-0.15, -0.1) is 0 Å². The van der Waals surface area contributed by atoms with E-state index in [0.29, 0.717) is 6.79 Å². The SMILES string of the molecule is N#Cc1cccc2c1CCC21OCO1. The second-order valence-electron chi connectivity index (χ2n) is 3.60. The van der Waals surface area contributed by atoms with E-state index in [2.05, 4.69) is 6.07 Å². The number of hydrogen-bond acceptors (Lipinski definition) is 3. The predicted molar refractivity (Wildman–Crippen MR) is 48.2 cm³/mol. The fourth-order valence-electron chi connectivity index (χ4n) is 2.24. The van der Waals surface area contributed by atoms with Gasteiger partial charge in [-0.25, -0.2) is 0 Å². The van der Waals surface area contributed by atoms with Crippen molar-refractivity contribution in [2.45, 2.75) is 18.6 Å². The Morgan fingerprint density at radius 1 is 1.36 bits per heavy atom. The van der Waals surface area contributed by atoms with Crippen LogP contribution in [0.25, 0.3) is 0 Å². The quantitative estimate of drug-likeness (QED) is 0.620. The molecule has 1 saturated heterocycles. The Hall–Kier alpha value is -1.37. The number of benzene rings is 1. The van der Waals surface area contributed by atoms with Crippen molar-refractivity contribution < 1.29 is 9.47 Å². The highest BCUT2D eigenvalue weighted by molar-refractivity contribution is 5.47. The Morgan fingerprint density at radius 3 is 2.86 bits per heavy atom. The lowest BCUT2D eigenvalue weighted by molar-refractivity contribution is -0.407. The van der Waals surface area contributed by atoms with E-state index in [0.717, 1.165) is 29.5 Å². The molecule has 1 heterocycles. The first-order valence-electron chi connectivity index (χ1n) is 4.66. The van der Waals surface area contributed by atoms with Crippen molar-refractivity contribution >= 4 is 0 Å². The maximum absolute atomic E-state index is 8.93. The van der Waals surface area contributed by atoms with E-state index in [1.807, 2.05) is 18.2 Å². The van der Waals surface area contributed by atoms with Crippen LogP contribution < -0.4 is 0 Å². The van der Waals surface area contributed by atoms with Crippen LogP contribution in [0.3, 0.4) is 0 Å². The van der Waals surface area contributed by atoms with Gasteiger partial charge in [-0.3, -0.25) is 0 Å². The lowest BCUT2D eigenvalue weighted by Crippen LogP contribution is -2.41. The molecule has 1 spiro atoms. The summed E-state index contributed by atoms with van der Waals surface area (Å²) >= 11 is 0. The summed E-state index contributed by atoms with van der Waals surface area (Å²) in [7, 11) is 0. The summed E-state index contributed by atoms with van der Waals surface area (Å²) in [6.07, 6.45) is 1.71. The third-order valence-electron chi connectivity index (χ3n) is 3.00. The maximum Gasteiger partial charge on any atom is 0.200 e. The average Bonchev–Trinajstić information content (AvgIpc) is 2.55. The molecule has 3 heteroatoms. The van der Waals surface area contributed by atoms with Crippen molar-refractivity contribution in [2.75, 3.05) is 6.79 Å². The molecule has 14 heavy (non-hydrogen) atoms. The summed E-state index contributed by atoms with van der Waals surface area (Å²) in [4.78, 5) is 0. The highest BCUT2D eigenvalue weighted by atomic mass is 16.9. The first-order valence-corrected chi connectivity index (χ1v) is 4.66. The van der Waals surface area contributed by atoms with Crippen LogP contribution in [0.1, 0.15) is 23.1 Å². The van der Waals surface area contributed by atoms with E-state index >= 15 is 0 Å². The Bertz CT molecular complexity index is 429. The van der Waals surface area contributed by atoms with Gasteiger partial charge in [0.05, 0.1) is 11.6 Å². The van der Waals surface area contributed by atoms with Crippen molar-refractivity contribution in [3.05, 3.63) is 34.9 Å². The fourth-order valence-corrected chi connectivity index (χ4v) is 2.24. The van der Waals surface area contributed by atoms with Crippen molar-refractivity contribution in [3.8, 4) is 6.07 Å². The van der Waals surface area contributed by atoms with Crippen LogP contribution >= 0.6 is 0 Å². The van der Waals surface area contributed by atoms with Gasteiger partial charge in [0, 0.05) is 12.0 Å². The third kappa shape index (κ3) is 0.822. The zero-order valence-electron chi connectivity index (χ0n) is 7.62. The predicted octanol–water partition coefficient (Wildman–Crippen LogP) is 1.66. The average molecular weight is 187 g/mol. The lowest BCUT2D eigenvalue weighted by atomic mass is 10.0. The van der Waals surface area contributed by atoms with Crippen molar-refractivity contribution in [2.24, 2.45) is 0 Å². The topological polar surface area (TPSA) is 42.2 Å². The first kappa shape index (κ1) is 7.98. The minimum Gasteiger partial charge on any atom is -0.319 e. The van der Waals surface area contributed by atoms with E-state index in [9.17, 15) is 0 Å². The summed E-state index contributed by atoms with van der Waals surface area (Å²) in [6, 6.07) is 7.92. The van der Waals surface area contributed by atoms with Gasteiger partial charge in [0.15, 0.2) is 6.79 Å². The number of hydrogen-bond donors (Lipinski definition) is 0. The zero-order chi connectivity index (χ0) is 9.60. The highest BCUT2D eigenvalue weighted by Crippen LogP contribution is 2.46. The maximum atomic E-state index is 8.93. The molecule has 3 nitrogen and oxygen atoms in total. The zero-order valence-corrected chi connectivity index (χ0v) is 7.62. The third-order valence-corrected chi connectivity index (χ3v) is 3.00. The monoisotopic (exact) mass is 187 g/mol. The molecule has 3 rings (SSSR count). The summed E-state index contributed by atoms with van der Waals surface area (Å²) in [6.45, 7) is 0.371. The smallest absolute Gasteiger partial charge is 0.200 e. The second kappa shape index (κ2) is 2.57. The molecule has 0 amide bonds. The summed E-state index contributed by atoms with van der Waals surface area (Å²) in [5, 5.41) is 8.93. The molecule has 0 aromatic heterocycles. The van der Waals surface area contributed by atoms with Gasteiger partial charge in [0.2, 0.25) is 5.79 Å². The minimum absolute atomic E-state index is 0.371. The molecule has 2 aliphatic rings. The number of nitriles is 1. The van der Waals surface area contributed by atoms with Gasteiger partial charge in [0.1, 0.15) is 0 Å². The van der Waals surface area contributed by atoms with Gasteiger partial charge in [-0.05, 0) is 18.1 Å². The fraction of sp³-hybridized carbons (Fsp3) is 0.364. The summed E-state index contributed by atoms with van der Waals surface area (Å²) in [5.74, 6) is -0.512. The molecule has 70 valence electrons. The Balaban J connectivity index is 2.17. The molecule has 0 bridgehead atoms. The largest absolute Gasteiger partial charge is 0.319 e. The number of rotatable bonds is 0. The molecule has 0 N–H and O–H groups in total. The number of nitrogens with zero attached hydrogens (tertiary/aromatic N) is 1. The molecule has 1 aromatic carbocycles. The van der Waals surface area contributed by atoms with Crippen LogP contribution in [0.2, 0.25) is 0 Å². The second-order valence-corrected chi connectivity index (χ2v) is 3.60. The number of ether oxygens (including phenoxy) is 2. The van der Waals surface area contributed by atoms with Crippen LogP contribution in [-0.4, -0.2) is 6.79 Å². The van der Waals surface area contributed by atoms with Gasteiger partial charge in [0.25, 0.3) is 0 Å². The highest BCUT2D eigenvalue weighted by Gasteiger charge is 2.47. The van der Waals surface area contributed by atoms with Crippen LogP contribution in [0.4, 0.5) is 0 Å². The molecule has 0 saturated carbocycles. The van der Waals surface area contributed by atoms with E-state index in [4.69, 9.17) is 14.7 Å². The molecule has 1 aliphatic heterocycles. The van der Waals surface area contributed by atoms with E-state index in [1.54, 1.807) is 0 Å². The van der Waals surface area contributed by atoms with Crippen molar-refractivity contribution in [1.82, 2.24) is 0 Å². The van der Waals surface area contributed by atoms with Crippen LogP contribution in [0.5, 0.6) is 0 Å². The van der Waals surface area contributed by atoms with Gasteiger partial charge in [-0.1, -0.05) is 12.1 Å². The molecular weight excluding hydrogens is 178 g/mol. The van der Waals surface area contributed by atoms with Crippen LogP contribution in [0, 0.1) is 11.3 Å². The molecular formula is C11H9NO2. The number of fused-ring (bicyclic) bond motifs is 2. The molecule has 1 aliphatic carbocycles. The molecule has 0 atom stereocenters. The summed E-state index contributed by atoms with van der Waals surface area (Å²) in [5.41, 5.74) is 2.89. The first-order chi connectivity index (χ1) is 6.86. The standard InChI is InChI=1S/C11H9NO2/c12-6-8-2-1-3-10-9(8)4-5-11(10)13-7-14-11/h1-3H,4-5,7H2. The molecule has 0 unspecified atom stereocenters. The van der Waals surface area contributed by atoms with Gasteiger partial charge in [-0.2, -0.15) is 5.26 Å². The van der Waals surface area contributed by atoms with E-state index in [-0.39, 0.29) is 0 Å². The molecule has 1 aromatic rings. The Morgan fingerprint density at radius 2 is 2.21 bits per heavy atom. The molecule has 0 radical (unpaired) electrons. The Labute approximate surface area is 81.9 Å². The normalized spacial score (nSPS) is 21.4. The van der Waals surface area contributed by atoms with Crippen LogP contribution in [0.15, 0.2) is 18.2 Å².